The summed E-state index contributed by atoms with van der Waals surface area (Å²) >= 11 is 23.4. The minimum atomic E-state index is -1.22. The highest BCUT2D eigenvalue weighted by molar-refractivity contribution is 6.54. The summed E-state index contributed by atoms with van der Waals surface area (Å²) in [7, 11) is 0. The first-order valence-corrected chi connectivity index (χ1v) is 8.75. The van der Waals surface area contributed by atoms with Crippen LogP contribution in [0.2, 0.25) is 10.0 Å². The fraction of sp³-hybridized carbons (Fsp3) is 0.0625. The Morgan fingerprint density at radius 1 is 1.19 bits per heavy atom. The van der Waals surface area contributed by atoms with E-state index in [1.165, 1.54) is 18.3 Å². The van der Waals surface area contributed by atoms with Crippen LogP contribution in [0.3, 0.4) is 0 Å². The lowest BCUT2D eigenvalue weighted by molar-refractivity contribution is -0.896. The third-order valence-corrected chi connectivity index (χ3v) is 4.41. The lowest BCUT2D eigenvalue weighted by Crippen LogP contribution is -2.32. The topological polar surface area (TPSA) is 79.2 Å². The molecule has 134 valence electrons. The van der Waals surface area contributed by atoms with Gasteiger partial charge in [-0.15, -0.1) is 0 Å². The van der Waals surface area contributed by atoms with Gasteiger partial charge < -0.3 is 9.84 Å². The van der Waals surface area contributed by atoms with Gasteiger partial charge in [0.15, 0.2) is 4.84 Å². The highest BCUT2D eigenvalue weighted by atomic mass is 35.5. The molecule has 26 heavy (non-hydrogen) atoms. The number of rotatable bonds is 4. The Hall–Kier alpha value is -1.99. The molecule has 0 bridgehead atoms. The Kier molecular flexibility index (Phi) is 5.58. The van der Waals surface area contributed by atoms with Crippen molar-refractivity contribution < 1.29 is 19.3 Å². The lowest BCUT2D eigenvalue weighted by atomic mass is 10.1. The molecule has 2 aromatic heterocycles. The molecular weight excluding hydrogens is 424 g/mol. The second-order valence-electron chi connectivity index (χ2n) is 5.11. The minimum absolute atomic E-state index is 0.225. The summed E-state index contributed by atoms with van der Waals surface area (Å²) in [6.07, 6.45) is 1.31. The molecule has 0 atom stereocenters. The molecule has 2 N–H and O–H groups in total. The lowest BCUT2D eigenvalue weighted by Gasteiger charge is -2.04. The molecule has 3 aromatic rings. The zero-order valence-electron chi connectivity index (χ0n) is 12.8. The molecule has 10 heteroatoms. The number of aromatic nitrogens is 2. The van der Waals surface area contributed by atoms with Crippen molar-refractivity contribution in [3.05, 3.63) is 52.6 Å². The first kappa shape index (κ1) is 18.8. The van der Waals surface area contributed by atoms with Crippen molar-refractivity contribution in [1.29, 1.82) is 0 Å². The number of carbonyl (C=O) groups excluding carboxylic acids is 1. The SMILES string of the molecule is O=C(Nc1cc[n+](O)c(-c2cc(-c3c(Cl)cccc3Cl)no2)c1)C(Cl)Cl. The molecule has 3 rings (SSSR count). The molecule has 0 aliphatic carbocycles. The number of nitrogens with one attached hydrogen (secondary N) is 1. The molecule has 0 spiro atoms. The monoisotopic (exact) mass is 432 g/mol. The van der Waals surface area contributed by atoms with E-state index in [9.17, 15) is 10.0 Å². The highest BCUT2D eigenvalue weighted by Gasteiger charge is 2.23. The molecule has 1 amide bonds. The number of carbonyl (C=O) groups is 1. The second-order valence-corrected chi connectivity index (χ2v) is 7.02. The number of alkyl halides is 2. The number of hydrogen-bond donors (Lipinski definition) is 2. The zero-order valence-corrected chi connectivity index (χ0v) is 15.8. The van der Waals surface area contributed by atoms with Crippen LogP contribution < -0.4 is 10.0 Å². The standard InChI is InChI=1S/C16H9Cl4N3O3/c17-9-2-1-3-10(18)14(9)11-7-13(26-22-11)12-6-8(4-5-23(12)25)21-16(24)15(19)20/h1-7,15,25H/p+1. The van der Waals surface area contributed by atoms with Crippen LogP contribution >= 0.6 is 46.4 Å². The normalized spacial score (nSPS) is 11.0. The van der Waals surface area contributed by atoms with Crippen molar-refractivity contribution in [2.24, 2.45) is 0 Å². The van der Waals surface area contributed by atoms with E-state index in [-0.39, 0.29) is 11.5 Å². The summed E-state index contributed by atoms with van der Waals surface area (Å²) in [6, 6.07) is 9.55. The van der Waals surface area contributed by atoms with Crippen molar-refractivity contribution in [3.63, 3.8) is 0 Å². The van der Waals surface area contributed by atoms with Gasteiger partial charge in [0.1, 0.15) is 5.69 Å². The van der Waals surface area contributed by atoms with Gasteiger partial charge in [0.05, 0.1) is 15.7 Å². The summed E-state index contributed by atoms with van der Waals surface area (Å²) in [6.45, 7) is 0. The van der Waals surface area contributed by atoms with Crippen LogP contribution in [0.5, 0.6) is 0 Å². The molecule has 0 fully saturated rings. The molecule has 0 saturated carbocycles. The number of benzene rings is 1. The largest absolute Gasteiger partial charge is 0.349 e. The summed E-state index contributed by atoms with van der Waals surface area (Å²) in [5.41, 5.74) is 1.49. The van der Waals surface area contributed by atoms with E-state index in [1.807, 2.05) is 0 Å². The predicted molar refractivity (Wildman–Crippen MR) is 98.9 cm³/mol. The van der Waals surface area contributed by atoms with Gasteiger partial charge in [0.25, 0.3) is 5.91 Å². The molecule has 0 radical (unpaired) electrons. The maximum absolute atomic E-state index is 11.6. The minimum Gasteiger partial charge on any atom is -0.349 e. The molecule has 0 aliphatic rings. The maximum Gasteiger partial charge on any atom is 0.304 e. The summed E-state index contributed by atoms with van der Waals surface area (Å²) in [5, 5.41) is 17.3. The molecule has 0 aliphatic heterocycles. The van der Waals surface area contributed by atoms with E-state index in [1.54, 1.807) is 24.3 Å². The number of anilines is 1. The molecule has 1 aromatic carbocycles. The first-order valence-electron chi connectivity index (χ1n) is 7.12. The van der Waals surface area contributed by atoms with Gasteiger partial charge in [-0.1, -0.05) is 57.6 Å². The number of amides is 1. The molecular formula is C16H10Cl4N3O3+. The molecule has 0 unspecified atom stereocenters. The van der Waals surface area contributed by atoms with Gasteiger partial charge in [-0.25, -0.2) is 0 Å². The molecule has 2 heterocycles. The molecule has 0 saturated heterocycles. The van der Waals surface area contributed by atoms with Crippen molar-refractivity contribution in [3.8, 4) is 22.7 Å². The van der Waals surface area contributed by atoms with E-state index in [4.69, 9.17) is 50.9 Å². The zero-order chi connectivity index (χ0) is 18.8. The highest BCUT2D eigenvalue weighted by Crippen LogP contribution is 2.35. The van der Waals surface area contributed by atoms with Crippen LogP contribution in [0.1, 0.15) is 0 Å². The molecule has 6 nitrogen and oxygen atoms in total. The Morgan fingerprint density at radius 3 is 2.54 bits per heavy atom. The maximum atomic E-state index is 11.6. The summed E-state index contributed by atoms with van der Waals surface area (Å²) in [4.78, 5) is 10.4. The number of hydrogen-bond acceptors (Lipinski definition) is 4. The van der Waals surface area contributed by atoms with Gasteiger partial charge in [0, 0.05) is 28.5 Å². The van der Waals surface area contributed by atoms with E-state index in [2.05, 4.69) is 10.5 Å². The van der Waals surface area contributed by atoms with Crippen molar-refractivity contribution in [1.82, 2.24) is 5.16 Å². The Balaban J connectivity index is 1.98. The quantitative estimate of drug-likeness (QED) is 0.358. The van der Waals surface area contributed by atoms with E-state index >= 15 is 0 Å². The fourth-order valence-electron chi connectivity index (χ4n) is 2.21. The number of pyridine rings is 1. The van der Waals surface area contributed by atoms with E-state index in [0.29, 0.717) is 27.0 Å². The van der Waals surface area contributed by atoms with Crippen LogP contribution in [0.15, 0.2) is 47.1 Å². The van der Waals surface area contributed by atoms with Crippen molar-refractivity contribution in [2.75, 3.05) is 5.32 Å². The fourth-order valence-corrected chi connectivity index (χ4v) is 2.91. The predicted octanol–water partition coefficient (Wildman–Crippen LogP) is 4.58. The van der Waals surface area contributed by atoms with Crippen LogP contribution in [0.4, 0.5) is 5.69 Å². The Bertz CT molecular complexity index is 955. The average molecular weight is 434 g/mol. The third kappa shape index (κ3) is 3.88. The smallest absolute Gasteiger partial charge is 0.304 e. The Labute approximate surface area is 167 Å². The first-order chi connectivity index (χ1) is 12.4. The second kappa shape index (κ2) is 7.72. The van der Waals surface area contributed by atoms with E-state index in [0.717, 1.165) is 4.73 Å². The summed E-state index contributed by atoms with van der Waals surface area (Å²) < 4.78 is 6.10. The Morgan fingerprint density at radius 2 is 1.88 bits per heavy atom. The van der Waals surface area contributed by atoms with E-state index < -0.39 is 10.7 Å². The average Bonchev–Trinajstić information content (AvgIpc) is 3.05. The van der Waals surface area contributed by atoms with Gasteiger partial charge in [0.2, 0.25) is 12.0 Å². The van der Waals surface area contributed by atoms with Crippen LogP contribution in [-0.2, 0) is 4.79 Å². The van der Waals surface area contributed by atoms with Gasteiger partial charge in [-0.2, -0.15) is 0 Å². The summed E-state index contributed by atoms with van der Waals surface area (Å²) in [5.74, 6) is -0.376. The third-order valence-electron chi connectivity index (χ3n) is 3.38. The number of halogens is 4. The van der Waals surface area contributed by atoms with Crippen LogP contribution in [0.25, 0.3) is 22.7 Å². The van der Waals surface area contributed by atoms with Gasteiger partial charge in [-0.3, -0.25) is 10.0 Å². The van der Waals surface area contributed by atoms with Gasteiger partial charge >= 0.3 is 5.69 Å². The van der Waals surface area contributed by atoms with Crippen LogP contribution in [0, 0.1) is 0 Å². The van der Waals surface area contributed by atoms with Gasteiger partial charge in [-0.05, 0) is 12.1 Å². The van der Waals surface area contributed by atoms with Crippen molar-refractivity contribution in [2.45, 2.75) is 4.84 Å². The number of nitrogens with zero attached hydrogens (tertiary/aromatic N) is 2. The van der Waals surface area contributed by atoms with Crippen LogP contribution in [-0.4, -0.2) is 21.1 Å². The van der Waals surface area contributed by atoms with Crippen molar-refractivity contribution >= 4 is 58.0 Å².